The van der Waals surface area contributed by atoms with Crippen LogP contribution in [0.3, 0.4) is 0 Å². The van der Waals surface area contributed by atoms with Gasteiger partial charge < -0.3 is 11.5 Å². The molecule has 0 saturated carbocycles. The van der Waals surface area contributed by atoms with Crippen molar-refractivity contribution < 1.29 is 0 Å². The van der Waals surface area contributed by atoms with E-state index in [0.29, 0.717) is 29.6 Å². The van der Waals surface area contributed by atoms with E-state index in [4.69, 9.17) is 11.5 Å². The highest BCUT2D eigenvalue weighted by molar-refractivity contribution is 5.62. The van der Waals surface area contributed by atoms with Crippen LogP contribution in [0.25, 0.3) is 11.5 Å². The van der Waals surface area contributed by atoms with E-state index in [1.165, 1.54) is 5.56 Å². The lowest BCUT2D eigenvalue weighted by molar-refractivity contribution is 1.07. The number of nitrogen functional groups attached to an aromatic ring is 2. The highest BCUT2D eigenvalue weighted by Gasteiger charge is 2.13. The van der Waals surface area contributed by atoms with E-state index < -0.39 is 0 Å². The number of pyridine rings is 1. The highest BCUT2D eigenvalue weighted by Crippen LogP contribution is 2.24. The molecule has 3 rings (SSSR count). The normalized spacial score (nSPS) is 10.6. The zero-order chi connectivity index (χ0) is 15.5. The van der Waals surface area contributed by atoms with E-state index in [-0.39, 0.29) is 0 Å². The van der Waals surface area contributed by atoms with E-state index in [1.807, 2.05) is 30.3 Å². The fourth-order valence-corrected chi connectivity index (χ4v) is 2.31. The third-order valence-corrected chi connectivity index (χ3v) is 3.59. The largest absolute Gasteiger partial charge is 0.383 e. The molecule has 0 fully saturated rings. The van der Waals surface area contributed by atoms with Crippen LogP contribution in [0.15, 0.2) is 48.7 Å². The molecule has 3 aromatic rings. The number of rotatable bonds is 3. The summed E-state index contributed by atoms with van der Waals surface area (Å²) in [6.45, 7) is 2.06. The fourth-order valence-electron chi connectivity index (χ4n) is 2.31. The van der Waals surface area contributed by atoms with E-state index in [2.05, 4.69) is 34.0 Å². The Morgan fingerprint density at radius 2 is 1.59 bits per heavy atom. The van der Waals surface area contributed by atoms with Gasteiger partial charge in [0.05, 0.1) is 0 Å². The summed E-state index contributed by atoms with van der Waals surface area (Å²) in [6.07, 6.45) is 2.30. The maximum Gasteiger partial charge on any atom is 0.182 e. The number of benzene rings is 1. The van der Waals surface area contributed by atoms with Crippen LogP contribution < -0.4 is 11.5 Å². The number of aryl methyl sites for hydroxylation is 1. The van der Waals surface area contributed by atoms with Crippen LogP contribution in [0.1, 0.15) is 16.7 Å². The Morgan fingerprint density at radius 3 is 2.23 bits per heavy atom. The van der Waals surface area contributed by atoms with Crippen LogP contribution >= 0.6 is 0 Å². The van der Waals surface area contributed by atoms with E-state index in [1.54, 1.807) is 6.20 Å². The van der Waals surface area contributed by atoms with Gasteiger partial charge in [-0.25, -0.2) is 9.97 Å². The molecule has 5 heteroatoms. The second kappa shape index (κ2) is 5.81. The molecule has 5 nitrogen and oxygen atoms in total. The predicted molar refractivity (Wildman–Crippen MR) is 88.1 cm³/mol. The summed E-state index contributed by atoms with van der Waals surface area (Å²) in [4.78, 5) is 12.9. The molecule has 0 aliphatic heterocycles. The van der Waals surface area contributed by atoms with Gasteiger partial charge in [0, 0.05) is 18.2 Å². The Kier molecular flexibility index (Phi) is 3.70. The summed E-state index contributed by atoms with van der Waals surface area (Å²) in [5.74, 6) is 1.25. The molecule has 2 heterocycles. The molecule has 22 heavy (non-hydrogen) atoms. The van der Waals surface area contributed by atoms with E-state index >= 15 is 0 Å². The molecule has 0 aliphatic rings. The van der Waals surface area contributed by atoms with Gasteiger partial charge in [0.1, 0.15) is 17.3 Å². The molecule has 0 radical (unpaired) electrons. The number of hydrogen-bond donors (Lipinski definition) is 2. The van der Waals surface area contributed by atoms with E-state index in [0.717, 1.165) is 11.1 Å². The van der Waals surface area contributed by atoms with Crippen molar-refractivity contribution in [2.24, 2.45) is 0 Å². The molecule has 0 saturated heterocycles. The zero-order valence-electron chi connectivity index (χ0n) is 12.3. The molecule has 4 N–H and O–H groups in total. The Morgan fingerprint density at radius 1 is 0.909 bits per heavy atom. The SMILES string of the molecule is Cc1ccccc1Cc1c(N)nc(-c2ccccn2)nc1N. The molecule has 0 atom stereocenters. The molecular formula is C17H17N5. The third-order valence-electron chi connectivity index (χ3n) is 3.59. The lowest BCUT2D eigenvalue weighted by atomic mass is 10.0. The average Bonchev–Trinajstić information content (AvgIpc) is 2.53. The van der Waals surface area contributed by atoms with Crippen LogP contribution in [0, 0.1) is 6.92 Å². The average molecular weight is 291 g/mol. The number of nitrogens with two attached hydrogens (primary N) is 2. The Labute approximate surface area is 129 Å². The van der Waals surface area contributed by atoms with Crippen molar-refractivity contribution in [3.63, 3.8) is 0 Å². The number of anilines is 2. The van der Waals surface area contributed by atoms with Crippen molar-refractivity contribution in [2.75, 3.05) is 11.5 Å². The molecule has 0 aliphatic carbocycles. The molecule has 1 aromatic carbocycles. The van der Waals surface area contributed by atoms with Gasteiger partial charge in [0.2, 0.25) is 0 Å². The Bertz CT molecular complexity index is 776. The molecule has 2 aromatic heterocycles. The second-order valence-electron chi connectivity index (χ2n) is 5.11. The summed E-state index contributed by atoms with van der Waals surface area (Å²) in [5.41, 5.74) is 16.0. The molecular weight excluding hydrogens is 274 g/mol. The van der Waals surface area contributed by atoms with Crippen LogP contribution in [0.5, 0.6) is 0 Å². The number of aromatic nitrogens is 3. The summed E-state index contributed by atoms with van der Waals surface area (Å²) < 4.78 is 0. The number of nitrogens with zero attached hydrogens (tertiary/aromatic N) is 3. The van der Waals surface area contributed by atoms with Crippen molar-refractivity contribution in [3.8, 4) is 11.5 Å². The van der Waals surface area contributed by atoms with Crippen molar-refractivity contribution in [3.05, 3.63) is 65.4 Å². The standard InChI is InChI=1S/C17H17N5/c1-11-6-2-3-7-12(11)10-13-15(18)21-17(22-16(13)19)14-8-4-5-9-20-14/h2-9H,10H2,1H3,(H4,18,19,21,22). The topological polar surface area (TPSA) is 90.7 Å². The molecule has 110 valence electrons. The van der Waals surface area contributed by atoms with Crippen molar-refractivity contribution >= 4 is 11.6 Å². The van der Waals surface area contributed by atoms with Gasteiger partial charge in [-0.2, -0.15) is 0 Å². The molecule has 0 amide bonds. The van der Waals surface area contributed by atoms with Gasteiger partial charge >= 0.3 is 0 Å². The lowest BCUT2D eigenvalue weighted by Crippen LogP contribution is -2.08. The first-order chi connectivity index (χ1) is 10.6. The van der Waals surface area contributed by atoms with E-state index in [9.17, 15) is 0 Å². The maximum absolute atomic E-state index is 6.10. The zero-order valence-corrected chi connectivity index (χ0v) is 12.3. The summed E-state index contributed by atoms with van der Waals surface area (Å²) >= 11 is 0. The first kappa shape index (κ1) is 14.0. The fraction of sp³-hybridized carbons (Fsp3) is 0.118. The van der Waals surface area contributed by atoms with Crippen LogP contribution in [0.2, 0.25) is 0 Å². The predicted octanol–water partition coefficient (Wildman–Crippen LogP) is 2.60. The third kappa shape index (κ3) is 2.74. The van der Waals surface area contributed by atoms with Gasteiger partial charge in [-0.3, -0.25) is 4.98 Å². The number of hydrogen-bond acceptors (Lipinski definition) is 5. The smallest absolute Gasteiger partial charge is 0.182 e. The van der Waals surface area contributed by atoms with Crippen LogP contribution in [-0.2, 0) is 6.42 Å². The van der Waals surface area contributed by atoms with Gasteiger partial charge in [-0.15, -0.1) is 0 Å². The molecule has 0 unspecified atom stereocenters. The van der Waals surface area contributed by atoms with Crippen molar-refractivity contribution in [2.45, 2.75) is 13.3 Å². The highest BCUT2D eigenvalue weighted by atomic mass is 15.0. The van der Waals surface area contributed by atoms with Gasteiger partial charge in [0.25, 0.3) is 0 Å². The quantitative estimate of drug-likeness (QED) is 0.774. The van der Waals surface area contributed by atoms with Gasteiger partial charge in [-0.1, -0.05) is 30.3 Å². The lowest BCUT2D eigenvalue weighted by Gasteiger charge is -2.11. The monoisotopic (exact) mass is 291 g/mol. The summed E-state index contributed by atoms with van der Waals surface area (Å²) in [5, 5.41) is 0. The van der Waals surface area contributed by atoms with Crippen molar-refractivity contribution in [1.82, 2.24) is 15.0 Å². The first-order valence-corrected chi connectivity index (χ1v) is 7.03. The first-order valence-electron chi connectivity index (χ1n) is 7.03. The minimum atomic E-state index is 0.399. The minimum absolute atomic E-state index is 0.399. The van der Waals surface area contributed by atoms with Crippen molar-refractivity contribution in [1.29, 1.82) is 0 Å². The Balaban J connectivity index is 1.99. The second-order valence-corrected chi connectivity index (χ2v) is 5.11. The van der Waals surface area contributed by atoms with Crippen LogP contribution in [0.4, 0.5) is 11.6 Å². The van der Waals surface area contributed by atoms with Gasteiger partial charge in [-0.05, 0) is 30.2 Å². The Hall–Kier alpha value is -2.95. The maximum atomic E-state index is 6.10. The summed E-state index contributed by atoms with van der Waals surface area (Å²) in [7, 11) is 0. The summed E-state index contributed by atoms with van der Waals surface area (Å²) in [6, 6.07) is 13.7. The van der Waals surface area contributed by atoms with Gasteiger partial charge in [0.15, 0.2) is 5.82 Å². The molecule has 0 spiro atoms. The van der Waals surface area contributed by atoms with Crippen LogP contribution in [-0.4, -0.2) is 15.0 Å². The molecule has 0 bridgehead atoms. The minimum Gasteiger partial charge on any atom is -0.383 e.